The molecule has 0 aliphatic carbocycles. The van der Waals surface area contributed by atoms with Crippen molar-refractivity contribution in [2.45, 2.75) is 58.3 Å². The van der Waals surface area contributed by atoms with Gasteiger partial charge < -0.3 is 9.47 Å². The number of halogens is 4. The van der Waals surface area contributed by atoms with Crippen molar-refractivity contribution in [2.75, 3.05) is 13.2 Å². The smallest absolute Gasteiger partial charge is 0.134 e. The molecule has 4 aromatic carbocycles. The van der Waals surface area contributed by atoms with Crippen LogP contribution in [-0.4, -0.2) is 13.2 Å². The zero-order chi connectivity index (χ0) is 29.7. The lowest BCUT2D eigenvalue weighted by Crippen LogP contribution is -2.05. The summed E-state index contributed by atoms with van der Waals surface area (Å²) in [5.41, 5.74) is 2.09. The Morgan fingerprint density at radius 3 is 1.33 bits per heavy atom. The van der Waals surface area contributed by atoms with E-state index in [9.17, 15) is 17.6 Å². The fourth-order valence-electron chi connectivity index (χ4n) is 5.19. The van der Waals surface area contributed by atoms with Crippen molar-refractivity contribution in [1.82, 2.24) is 0 Å². The second kappa shape index (κ2) is 16.0. The summed E-state index contributed by atoms with van der Waals surface area (Å²) in [6.45, 7) is 3.25. The highest BCUT2D eigenvalue weighted by Crippen LogP contribution is 2.28. The van der Waals surface area contributed by atoms with Gasteiger partial charge in [0.15, 0.2) is 0 Å². The Labute approximate surface area is 246 Å². The Kier molecular flexibility index (Phi) is 11.9. The van der Waals surface area contributed by atoms with Crippen molar-refractivity contribution < 1.29 is 27.0 Å². The van der Waals surface area contributed by atoms with Gasteiger partial charge in [0.05, 0.1) is 13.2 Å². The molecule has 0 N–H and O–H groups in total. The molecule has 0 aliphatic heterocycles. The molecule has 0 amide bonds. The predicted molar refractivity (Wildman–Crippen MR) is 161 cm³/mol. The summed E-state index contributed by atoms with van der Waals surface area (Å²) in [6.07, 6.45) is 8.41. The van der Waals surface area contributed by atoms with E-state index in [-0.39, 0.29) is 11.6 Å². The van der Waals surface area contributed by atoms with E-state index in [1.165, 1.54) is 42.8 Å². The average Bonchev–Trinajstić information content (AvgIpc) is 2.98. The van der Waals surface area contributed by atoms with E-state index in [1.54, 1.807) is 48.5 Å². The van der Waals surface area contributed by atoms with Crippen LogP contribution in [0.4, 0.5) is 17.6 Å². The Morgan fingerprint density at radius 1 is 0.524 bits per heavy atom. The fourth-order valence-corrected chi connectivity index (χ4v) is 5.19. The van der Waals surface area contributed by atoms with Crippen molar-refractivity contribution in [3.63, 3.8) is 0 Å². The minimum atomic E-state index is -0.391. The summed E-state index contributed by atoms with van der Waals surface area (Å²) >= 11 is 0. The second-order valence-corrected chi connectivity index (χ2v) is 10.6. The maximum absolute atomic E-state index is 14.6. The van der Waals surface area contributed by atoms with Crippen LogP contribution < -0.4 is 9.47 Å². The first-order valence-electron chi connectivity index (χ1n) is 14.8. The van der Waals surface area contributed by atoms with Gasteiger partial charge in [-0.1, -0.05) is 56.9 Å². The van der Waals surface area contributed by atoms with E-state index in [0.29, 0.717) is 52.9 Å². The largest absolute Gasteiger partial charge is 0.493 e. The lowest BCUT2D eigenvalue weighted by Gasteiger charge is -2.16. The Hall–Kier alpha value is -3.80. The van der Waals surface area contributed by atoms with Gasteiger partial charge in [-0.2, -0.15) is 0 Å². The second-order valence-electron chi connectivity index (χ2n) is 10.6. The monoisotopic (exact) mass is 578 g/mol. The molecule has 2 nitrogen and oxygen atoms in total. The van der Waals surface area contributed by atoms with Crippen LogP contribution >= 0.6 is 0 Å². The fraction of sp³-hybridized carbons (Fsp3) is 0.333. The van der Waals surface area contributed by atoms with Gasteiger partial charge in [-0.05, 0) is 91.3 Å². The minimum absolute atomic E-state index is 0.352. The molecular formula is C36H38F4O2. The normalized spacial score (nSPS) is 11.2. The highest BCUT2D eigenvalue weighted by atomic mass is 19.1. The molecule has 0 aromatic heterocycles. The van der Waals surface area contributed by atoms with Crippen molar-refractivity contribution in [3.8, 4) is 33.8 Å². The van der Waals surface area contributed by atoms with Gasteiger partial charge in [0, 0.05) is 23.3 Å². The Balaban J connectivity index is 1.12. The lowest BCUT2D eigenvalue weighted by atomic mass is 9.92. The molecule has 0 spiro atoms. The standard InChI is InChI=1S/C36H38F4O2/c1-2-7-26(8-3-5-22-41-31-18-20-33(35(39)24-31)27-10-14-29(37)15-11-27)9-4-6-23-42-32-19-21-34(36(40)25-32)28-12-16-30(38)17-13-28/h10-21,24-26H,2-9,22-23H2,1H3. The maximum atomic E-state index is 14.6. The molecule has 0 fully saturated rings. The van der Waals surface area contributed by atoms with Crippen LogP contribution in [0, 0.1) is 29.2 Å². The number of benzene rings is 4. The van der Waals surface area contributed by atoms with Gasteiger partial charge in [-0.25, -0.2) is 17.6 Å². The first-order chi connectivity index (χ1) is 20.4. The summed E-state index contributed by atoms with van der Waals surface area (Å²) in [7, 11) is 0. The molecule has 0 heterocycles. The van der Waals surface area contributed by atoms with Gasteiger partial charge in [0.1, 0.15) is 34.8 Å². The lowest BCUT2D eigenvalue weighted by molar-refractivity contribution is 0.281. The molecule has 0 unspecified atom stereocenters. The molecule has 0 aliphatic rings. The molecule has 0 saturated heterocycles. The number of rotatable bonds is 16. The minimum Gasteiger partial charge on any atom is -0.493 e. The summed E-state index contributed by atoms with van der Waals surface area (Å²) < 4.78 is 67.0. The van der Waals surface area contributed by atoms with Crippen molar-refractivity contribution in [2.24, 2.45) is 5.92 Å². The summed E-state index contributed by atoms with van der Waals surface area (Å²) in [5.74, 6) is 0.137. The SMILES string of the molecule is CCCC(CCCCOc1ccc(-c2ccc(F)cc2)c(F)c1)CCCCOc1ccc(-c2ccc(F)cc2)c(F)c1. The molecule has 42 heavy (non-hydrogen) atoms. The third-order valence-corrected chi connectivity index (χ3v) is 7.44. The van der Waals surface area contributed by atoms with Crippen LogP contribution in [0.15, 0.2) is 84.9 Å². The number of ether oxygens (including phenoxy) is 2. The Morgan fingerprint density at radius 2 is 0.952 bits per heavy atom. The van der Waals surface area contributed by atoms with Crippen molar-refractivity contribution in [1.29, 1.82) is 0 Å². The zero-order valence-electron chi connectivity index (χ0n) is 24.1. The maximum Gasteiger partial charge on any atom is 0.134 e. The Bertz CT molecular complexity index is 1280. The third-order valence-electron chi connectivity index (χ3n) is 7.44. The van der Waals surface area contributed by atoms with Crippen LogP contribution in [0.2, 0.25) is 0 Å². The van der Waals surface area contributed by atoms with Gasteiger partial charge >= 0.3 is 0 Å². The average molecular weight is 579 g/mol. The molecule has 0 radical (unpaired) electrons. The number of hydrogen-bond donors (Lipinski definition) is 0. The van der Waals surface area contributed by atoms with E-state index >= 15 is 0 Å². The third kappa shape index (κ3) is 9.37. The van der Waals surface area contributed by atoms with Crippen LogP contribution in [-0.2, 0) is 0 Å². The van der Waals surface area contributed by atoms with Crippen LogP contribution in [0.1, 0.15) is 58.3 Å². The van der Waals surface area contributed by atoms with Gasteiger partial charge in [-0.3, -0.25) is 0 Å². The predicted octanol–water partition coefficient (Wildman–Crippen LogP) is 10.8. The van der Waals surface area contributed by atoms with Crippen molar-refractivity contribution in [3.05, 3.63) is 108 Å². The molecular weight excluding hydrogens is 540 g/mol. The first-order valence-corrected chi connectivity index (χ1v) is 14.8. The highest BCUT2D eigenvalue weighted by Gasteiger charge is 2.11. The summed E-state index contributed by atoms with van der Waals surface area (Å²) in [4.78, 5) is 0. The molecule has 6 heteroatoms. The number of unbranched alkanes of at least 4 members (excludes halogenated alkanes) is 2. The van der Waals surface area contributed by atoms with Gasteiger partial charge in [0.2, 0.25) is 0 Å². The molecule has 4 rings (SSSR count). The van der Waals surface area contributed by atoms with E-state index in [4.69, 9.17) is 9.47 Å². The summed E-state index contributed by atoms with van der Waals surface area (Å²) in [6, 6.07) is 21.1. The van der Waals surface area contributed by atoms with E-state index in [1.807, 2.05) is 0 Å². The van der Waals surface area contributed by atoms with Crippen LogP contribution in [0.3, 0.4) is 0 Å². The van der Waals surface area contributed by atoms with Gasteiger partial charge in [-0.15, -0.1) is 0 Å². The van der Waals surface area contributed by atoms with E-state index < -0.39 is 11.6 Å². The number of hydrogen-bond acceptors (Lipinski definition) is 2. The van der Waals surface area contributed by atoms with Crippen LogP contribution in [0.5, 0.6) is 11.5 Å². The van der Waals surface area contributed by atoms with Gasteiger partial charge in [0.25, 0.3) is 0 Å². The molecule has 0 saturated carbocycles. The zero-order valence-corrected chi connectivity index (χ0v) is 24.1. The first kappa shape index (κ1) is 31.1. The summed E-state index contributed by atoms with van der Waals surface area (Å²) in [5, 5.41) is 0. The van der Waals surface area contributed by atoms with E-state index in [2.05, 4.69) is 6.92 Å². The molecule has 222 valence electrons. The molecule has 0 atom stereocenters. The van der Waals surface area contributed by atoms with Crippen molar-refractivity contribution >= 4 is 0 Å². The van der Waals surface area contributed by atoms with Crippen LogP contribution in [0.25, 0.3) is 22.3 Å². The quantitative estimate of drug-likeness (QED) is 0.0973. The molecule has 4 aromatic rings. The highest BCUT2D eigenvalue weighted by molar-refractivity contribution is 5.65. The van der Waals surface area contributed by atoms with E-state index in [0.717, 1.165) is 44.9 Å². The topological polar surface area (TPSA) is 18.5 Å². The molecule has 0 bridgehead atoms.